The van der Waals surface area contributed by atoms with Crippen LogP contribution in [0.3, 0.4) is 0 Å². The van der Waals surface area contributed by atoms with Gasteiger partial charge in [0.1, 0.15) is 5.58 Å². The van der Waals surface area contributed by atoms with Crippen molar-refractivity contribution in [2.24, 2.45) is 5.92 Å². The van der Waals surface area contributed by atoms with E-state index in [1.54, 1.807) is 0 Å². The highest BCUT2D eigenvalue weighted by Gasteiger charge is 2.20. The highest BCUT2D eigenvalue weighted by molar-refractivity contribution is 6.08. The highest BCUT2D eigenvalue weighted by atomic mass is 35.5. The molecule has 2 heterocycles. The number of hydrogen-bond donors (Lipinski definition) is 2. The molecular weight excluding hydrogens is 336 g/mol. The molecule has 1 unspecified atom stereocenters. The first kappa shape index (κ1) is 17.8. The number of fused-ring (bicyclic) bond motifs is 3. The summed E-state index contributed by atoms with van der Waals surface area (Å²) in [4.78, 5) is 12.5. The molecule has 1 saturated heterocycles. The van der Waals surface area contributed by atoms with Crippen molar-refractivity contribution in [3.05, 3.63) is 47.7 Å². The lowest BCUT2D eigenvalue weighted by Crippen LogP contribution is -2.26. The molecule has 0 spiro atoms. The van der Waals surface area contributed by atoms with Crippen LogP contribution in [-0.2, 0) is 0 Å². The van der Waals surface area contributed by atoms with Gasteiger partial charge in [0.25, 0.3) is 5.91 Å². The highest BCUT2D eigenvalue weighted by Crippen LogP contribution is 2.31. The van der Waals surface area contributed by atoms with E-state index < -0.39 is 0 Å². The van der Waals surface area contributed by atoms with E-state index >= 15 is 0 Å². The van der Waals surface area contributed by atoms with Crippen LogP contribution in [0.25, 0.3) is 21.7 Å². The molecule has 1 amide bonds. The van der Waals surface area contributed by atoms with Crippen molar-refractivity contribution < 1.29 is 9.21 Å². The predicted molar refractivity (Wildman–Crippen MR) is 104 cm³/mol. The Bertz CT molecular complexity index is 897. The normalized spacial score (nSPS) is 16.9. The van der Waals surface area contributed by atoms with E-state index in [9.17, 15) is 4.79 Å². The molecule has 1 fully saturated rings. The minimum Gasteiger partial charge on any atom is -0.450 e. The molecule has 2 N–H and O–H groups in total. The summed E-state index contributed by atoms with van der Waals surface area (Å²) < 4.78 is 5.97. The Hall–Kier alpha value is -2.04. The second-order valence-corrected chi connectivity index (χ2v) is 6.62. The molecule has 3 aromatic rings. The lowest BCUT2D eigenvalue weighted by Gasteiger charge is -2.08. The van der Waals surface area contributed by atoms with Gasteiger partial charge in [-0.15, -0.1) is 12.4 Å². The van der Waals surface area contributed by atoms with Crippen molar-refractivity contribution in [3.8, 4) is 0 Å². The molecule has 0 bridgehead atoms. The van der Waals surface area contributed by atoms with Crippen LogP contribution in [0.5, 0.6) is 0 Å². The number of carbonyl (C=O) groups is 1. The van der Waals surface area contributed by atoms with Crippen LogP contribution in [0, 0.1) is 12.8 Å². The van der Waals surface area contributed by atoms with Crippen LogP contribution in [0.2, 0.25) is 0 Å². The summed E-state index contributed by atoms with van der Waals surface area (Å²) >= 11 is 0. The van der Waals surface area contributed by atoms with Gasteiger partial charge in [0.05, 0.1) is 0 Å². The average molecular weight is 359 g/mol. The molecule has 4 rings (SSSR count). The first-order valence-corrected chi connectivity index (χ1v) is 8.64. The summed E-state index contributed by atoms with van der Waals surface area (Å²) in [5.74, 6) is 0.996. The van der Waals surface area contributed by atoms with Crippen LogP contribution in [0.15, 0.2) is 40.8 Å². The zero-order chi connectivity index (χ0) is 16.5. The molecule has 0 saturated carbocycles. The van der Waals surface area contributed by atoms with Gasteiger partial charge in [-0.25, -0.2) is 0 Å². The Morgan fingerprint density at radius 3 is 2.88 bits per heavy atom. The molecule has 5 heteroatoms. The number of halogens is 1. The summed E-state index contributed by atoms with van der Waals surface area (Å²) in [5.41, 5.74) is 1.71. The Kier molecular flexibility index (Phi) is 5.30. The molecule has 1 aromatic heterocycles. The minimum atomic E-state index is -0.112. The maximum atomic E-state index is 12.5. The Labute approximate surface area is 153 Å². The third kappa shape index (κ3) is 3.37. The Balaban J connectivity index is 0.00000182. The van der Waals surface area contributed by atoms with Gasteiger partial charge in [-0.2, -0.15) is 0 Å². The predicted octanol–water partition coefficient (Wildman–Crippen LogP) is 4.05. The number of furan rings is 1. The summed E-state index contributed by atoms with van der Waals surface area (Å²) in [6, 6.07) is 12.2. The van der Waals surface area contributed by atoms with Crippen LogP contribution in [0.1, 0.15) is 29.0 Å². The zero-order valence-corrected chi connectivity index (χ0v) is 15.1. The molecule has 132 valence electrons. The van der Waals surface area contributed by atoms with E-state index in [1.807, 2.05) is 31.2 Å². The molecule has 1 atom stereocenters. The quantitative estimate of drug-likeness (QED) is 0.739. The molecular formula is C20H23ClN2O2. The first-order chi connectivity index (χ1) is 11.7. The number of amides is 1. The van der Waals surface area contributed by atoms with E-state index in [-0.39, 0.29) is 18.3 Å². The second-order valence-electron chi connectivity index (χ2n) is 6.62. The average Bonchev–Trinajstić information content (AvgIpc) is 3.23. The van der Waals surface area contributed by atoms with E-state index in [4.69, 9.17) is 4.42 Å². The van der Waals surface area contributed by atoms with Gasteiger partial charge in [0, 0.05) is 22.9 Å². The Morgan fingerprint density at radius 2 is 2.08 bits per heavy atom. The fourth-order valence-electron chi connectivity index (χ4n) is 3.60. The van der Waals surface area contributed by atoms with Crippen molar-refractivity contribution in [2.45, 2.75) is 19.8 Å². The number of benzene rings is 2. The van der Waals surface area contributed by atoms with Crippen molar-refractivity contribution in [2.75, 3.05) is 19.6 Å². The van der Waals surface area contributed by atoms with Gasteiger partial charge in [0.2, 0.25) is 0 Å². The lowest BCUT2D eigenvalue weighted by molar-refractivity contribution is 0.0925. The van der Waals surface area contributed by atoms with Crippen molar-refractivity contribution in [1.29, 1.82) is 0 Å². The fourth-order valence-corrected chi connectivity index (χ4v) is 3.60. The van der Waals surface area contributed by atoms with Crippen LogP contribution < -0.4 is 10.6 Å². The monoisotopic (exact) mass is 358 g/mol. The number of rotatable bonds is 4. The smallest absolute Gasteiger partial charge is 0.287 e. The molecule has 1 aliphatic heterocycles. The topological polar surface area (TPSA) is 54.3 Å². The van der Waals surface area contributed by atoms with E-state index in [0.717, 1.165) is 46.8 Å². The summed E-state index contributed by atoms with van der Waals surface area (Å²) in [6.07, 6.45) is 2.21. The van der Waals surface area contributed by atoms with E-state index in [1.165, 1.54) is 6.42 Å². The molecule has 4 nitrogen and oxygen atoms in total. The number of aryl methyl sites for hydroxylation is 1. The summed E-state index contributed by atoms with van der Waals surface area (Å²) in [6.45, 7) is 4.80. The van der Waals surface area contributed by atoms with Gasteiger partial charge >= 0.3 is 0 Å². The van der Waals surface area contributed by atoms with Gasteiger partial charge in [-0.05, 0) is 44.2 Å². The van der Waals surface area contributed by atoms with Crippen molar-refractivity contribution in [1.82, 2.24) is 10.6 Å². The summed E-state index contributed by atoms with van der Waals surface area (Å²) in [7, 11) is 0. The maximum absolute atomic E-state index is 12.5. The second kappa shape index (κ2) is 7.46. The molecule has 2 aromatic carbocycles. The number of hydrogen-bond acceptors (Lipinski definition) is 3. The van der Waals surface area contributed by atoms with Crippen LogP contribution in [-0.4, -0.2) is 25.5 Å². The standard InChI is InChI=1S/C20H22N2O2.ClH/c1-13-16-7-6-15-4-2-3-5-17(15)19(16)24-18(13)20(23)22-11-9-14-8-10-21-12-14;/h2-7,14,21H,8-12H2,1H3,(H,22,23);1H. The summed E-state index contributed by atoms with van der Waals surface area (Å²) in [5, 5.41) is 9.56. The molecule has 0 radical (unpaired) electrons. The zero-order valence-electron chi connectivity index (χ0n) is 14.3. The van der Waals surface area contributed by atoms with Crippen LogP contribution >= 0.6 is 12.4 Å². The molecule has 1 aliphatic rings. The molecule has 0 aliphatic carbocycles. The maximum Gasteiger partial charge on any atom is 0.287 e. The number of nitrogens with one attached hydrogen (secondary N) is 2. The molecule has 25 heavy (non-hydrogen) atoms. The first-order valence-electron chi connectivity index (χ1n) is 8.64. The SMILES string of the molecule is Cc1c(C(=O)NCCC2CCNC2)oc2c1ccc1ccccc12.Cl. The van der Waals surface area contributed by atoms with Crippen molar-refractivity contribution >= 4 is 40.1 Å². The number of carbonyl (C=O) groups excluding carboxylic acids is 1. The Morgan fingerprint density at radius 1 is 1.24 bits per heavy atom. The van der Waals surface area contributed by atoms with Gasteiger partial charge in [-0.3, -0.25) is 4.79 Å². The van der Waals surface area contributed by atoms with Gasteiger partial charge < -0.3 is 15.1 Å². The van der Waals surface area contributed by atoms with Gasteiger partial charge in [0.15, 0.2) is 5.76 Å². The van der Waals surface area contributed by atoms with Crippen LogP contribution in [0.4, 0.5) is 0 Å². The van der Waals surface area contributed by atoms with E-state index in [2.05, 4.69) is 22.8 Å². The third-order valence-electron chi connectivity index (χ3n) is 5.04. The van der Waals surface area contributed by atoms with Gasteiger partial charge in [-0.1, -0.05) is 36.4 Å². The largest absolute Gasteiger partial charge is 0.450 e. The minimum absolute atomic E-state index is 0. The fraction of sp³-hybridized carbons (Fsp3) is 0.350. The third-order valence-corrected chi connectivity index (χ3v) is 5.04. The lowest BCUT2D eigenvalue weighted by atomic mass is 10.0. The van der Waals surface area contributed by atoms with Crippen molar-refractivity contribution in [3.63, 3.8) is 0 Å². The van der Waals surface area contributed by atoms with E-state index in [0.29, 0.717) is 18.2 Å².